The van der Waals surface area contributed by atoms with Crippen LogP contribution in [0.15, 0.2) is 59.5 Å². The van der Waals surface area contributed by atoms with E-state index in [1.54, 1.807) is 18.7 Å². The van der Waals surface area contributed by atoms with Gasteiger partial charge in [-0.25, -0.2) is 5.48 Å². The summed E-state index contributed by atoms with van der Waals surface area (Å²) < 4.78 is 4.58. The van der Waals surface area contributed by atoms with Gasteiger partial charge in [0.1, 0.15) is 0 Å². The van der Waals surface area contributed by atoms with Crippen LogP contribution in [0.2, 0.25) is 0 Å². The average Bonchev–Trinajstić information content (AvgIpc) is 2.88. The minimum Gasteiger partial charge on any atom is -0.473 e. The van der Waals surface area contributed by atoms with E-state index >= 15 is 0 Å². The molecular weight excluding hydrogens is 190 g/mol. The Morgan fingerprint density at radius 3 is 2.40 bits per heavy atom. The maximum atomic E-state index is 5.09. The molecule has 76 valence electrons. The van der Waals surface area contributed by atoms with Gasteiger partial charge in [-0.3, -0.25) is 0 Å². The first-order valence-corrected chi connectivity index (χ1v) is 4.62. The van der Waals surface area contributed by atoms with E-state index < -0.39 is 0 Å². The van der Waals surface area contributed by atoms with Gasteiger partial charge in [0, 0.05) is 11.8 Å². The second kappa shape index (κ2) is 4.91. The highest BCUT2D eigenvalue weighted by Crippen LogP contribution is 2.20. The lowest BCUT2D eigenvalue weighted by Crippen LogP contribution is -2.13. The molecule has 0 saturated heterocycles. The molecule has 3 heteroatoms. The standard InChI is InChI=1S/C8H7NO.C4H4O/c1-2-4-8-7(3-1)5-6-9-10-8;1-2-4-5-3-1/h1-6,9H;1-4H. The van der Waals surface area contributed by atoms with Crippen LogP contribution in [0.1, 0.15) is 5.56 Å². The Bertz CT molecular complexity index is 404. The van der Waals surface area contributed by atoms with Gasteiger partial charge in [-0.2, -0.15) is 0 Å². The third-order valence-electron chi connectivity index (χ3n) is 1.84. The molecule has 1 aromatic heterocycles. The van der Waals surface area contributed by atoms with Gasteiger partial charge in [-0.1, -0.05) is 18.2 Å². The first-order chi connectivity index (χ1) is 7.47. The van der Waals surface area contributed by atoms with Crippen molar-refractivity contribution in [2.75, 3.05) is 0 Å². The molecule has 0 amide bonds. The van der Waals surface area contributed by atoms with Crippen LogP contribution >= 0.6 is 0 Å². The molecule has 0 spiro atoms. The predicted octanol–water partition coefficient (Wildman–Crippen LogP) is 2.83. The maximum Gasteiger partial charge on any atom is 0.162 e. The van der Waals surface area contributed by atoms with Crippen LogP contribution in [0.5, 0.6) is 5.75 Å². The molecule has 1 aliphatic rings. The molecule has 0 bridgehead atoms. The summed E-state index contributed by atoms with van der Waals surface area (Å²) in [6, 6.07) is 11.5. The minimum absolute atomic E-state index is 0.880. The molecule has 0 aliphatic carbocycles. The fraction of sp³-hybridized carbons (Fsp3) is 0. The lowest BCUT2D eigenvalue weighted by atomic mass is 10.2. The van der Waals surface area contributed by atoms with Crippen molar-refractivity contribution in [2.24, 2.45) is 0 Å². The molecule has 0 unspecified atom stereocenters. The van der Waals surface area contributed by atoms with E-state index in [0.717, 1.165) is 11.3 Å². The van der Waals surface area contributed by atoms with Crippen LogP contribution in [0, 0.1) is 0 Å². The summed E-state index contributed by atoms with van der Waals surface area (Å²) in [7, 11) is 0. The molecule has 0 radical (unpaired) electrons. The van der Waals surface area contributed by atoms with E-state index in [4.69, 9.17) is 4.84 Å². The van der Waals surface area contributed by atoms with Gasteiger partial charge in [0.15, 0.2) is 5.75 Å². The molecule has 2 heterocycles. The Balaban J connectivity index is 0.000000144. The molecule has 0 atom stereocenters. The smallest absolute Gasteiger partial charge is 0.162 e. The van der Waals surface area contributed by atoms with Crippen LogP contribution in [0.25, 0.3) is 6.08 Å². The number of fused-ring (bicyclic) bond motifs is 1. The van der Waals surface area contributed by atoms with Crippen molar-refractivity contribution >= 4 is 6.08 Å². The lowest BCUT2D eigenvalue weighted by Gasteiger charge is -2.11. The number of benzene rings is 1. The van der Waals surface area contributed by atoms with Crippen molar-refractivity contribution in [1.29, 1.82) is 0 Å². The maximum absolute atomic E-state index is 5.09. The molecule has 1 aliphatic heterocycles. The van der Waals surface area contributed by atoms with Crippen molar-refractivity contribution in [3.63, 3.8) is 0 Å². The highest BCUT2D eigenvalue weighted by molar-refractivity contribution is 5.57. The van der Waals surface area contributed by atoms with E-state index in [1.165, 1.54) is 0 Å². The summed E-state index contributed by atoms with van der Waals surface area (Å²) >= 11 is 0. The van der Waals surface area contributed by atoms with Gasteiger partial charge in [-0.15, -0.1) is 0 Å². The van der Waals surface area contributed by atoms with Crippen LogP contribution in [-0.2, 0) is 0 Å². The minimum atomic E-state index is 0.880. The second-order valence-electron chi connectivity index (χ2n) is 2.88. The zero-order valence-corrected chi connectivity index (χ0v) is 8.09. The first-order valence-electron chi connectivity index (χ1n) is 4.62. The molecule has 0 fully saturated rings. The summed E-state index contributed by atoms with van der Waals surface area (Å²) in [5.41, 5.74) is 3.77. The van der Waals surface area contributed by atoms with Crippen LogP contribution in [-0.4, -0.2) is 0 Å². The first kappa shape index (κ1) is 9.40. The third kappa shape index (κ3) is 2.64. The van der Waals surface area contributed by atoms with Crippen molar-refractivity contribution in [3.8, 4) is 5.75 Å². The van der Waals surface area contributed by atoms with Crippen molar-refractivity contribution in [3.05, 3.63) is 60.7 Å². The molecule has 3 nitrogen and oxygen atoms in total. The Hall–Kier alpha value is -2.16. The van der Waals surface area contributed by atoms with Gasteiger partial charge in [-0.05, 0) is 24.3 Å². The number of hydrogen-bond acceptors (Lipinski definition) is 3. The summed E-state index contributed by atoms with van der Waals surface area (Å²) in [6.07, 6.45) is 6.99. The monoisotopic (exact) mass is 201 g/mol. The molecule has 1 N–H and O–H groups in total. The van der Waals surface area contributed by atoms with Gasteiger partial charge in [0.2, 0.25) is 0 Å². The van der Waals surface area contributed by atoms with Gasteiger partial charge >= 0.3 is 0 Å². The molecule has 0 saturated carbocycles. The summed E-state index contributed by atoms with van der Waals surface area (Å²) in [4.78, 5) is 5.09. The lowest BCUT2D eigenvalue weighted by molar-refractivity contribution is 0.239. The molecular formula is C12H11NO2. The Labute approximate surface area is 87.9 Å². The van der Waals surface area contributed by atoms with Crippen molar-refractivity contribution < 1.29 is 9.25 Å². The molecule has 15 heavy (non-hydrogen) atoms. The molecule has 2 aromatic rings. The zero-order chi connectivity index (χ0) is 10.3. The van der Waals surface area contributed by atoms with Gasteiger partial charge in [0.25, 0.3) is 0 Å². The normalized spacial score (nSPS) is 11.5. The molecule has 3 rings (SSSR count). The topological polar surface area (TPSA) is 34.4 Å². The summed E-state index contributed by atoms with van der Waals surface area (Å²) in [5.74, 6) is 0.880. The van der Waals surface area contributed by atoms with E-state index in [9.17, 15) is 0 Å². The highest BCUT2D eigenvalue weighted by atomic mass is 16.6. The third-order valence-corrected chi connectivity index (χ3v) is 1.84. The number of hydroxylamine groups is 1. The largest absolute Gasteiger partial charge is 0.473 e. The Kier molecular flexibility index (Phi) is 3.07. The van der Waals surface area contributed by atoms with Crippen molar-refractivity contribution in [1.82, 2.24) is 5.48 Å². The number of rotatable bonds is 0. The average molecular weight is 201 g/mol. The Morgan fingerprint density at radius 1 is 0.933 bits per heavy atom. The van der Waals surface area contributed by atoms with Crippen LogP contribution in [0.4, 0.5) is 0 Å². The molecule has 1 aromatic carbocycles. The van der Waals surface area contributed by atoms with E-state index in [2.05, 4.69) is 9.90 Å². The number of hydrogen-bond donors (Lipinski definition) is 1. The Morgan fingerprint density at radius 2 is 1.73 bits per heavy atom. The number of furan rings is 1. The van der Waals surface area contributed by atoms with Crippen LogP contribution < -0.4 is 10.3 Å². The highest BCUT2D eigenvalue weighted by Gasteiger charge is 2.01. The predicted molar refractivity (Wildman–Crippen MR) is 57.9 cm³/mol. The van der Waals surface area contributed by atoms with Crippen molar-refractivity contribution in [2.45, 2.75) is 0 Å². The van der Waals surface area contributed by atoms with E-state index in [1.807, 2.05) is 42.5 Å². The zero-order valence-electron chi connectivity index (χ0n) is 8.09. The fourth-order valence-electron chi connectivity index (χ4n) is 1.16. The van der Waals surface area contributed by atoms with E-state index in [-0.39, 0.29) is 0 Å². The van der Waals surface area contributed by atoms with Gasteiger partial charge in [0.05, 0.1) is 12.5 Å². The quantitative estimate of drug-likeness (QED) is 0.711. The fourth-order valence-corrected chi connectivity index (χ4v) is 1.16. The summed E-state index contributed by atoms with van der Waals surface area (Å²) in [6.45, 7) is 0. The second-order valence-corrected chi connectivity index (χ2v) is 2.88. The number of nitrogens with one attached hydrogen (secondary N) is 1. The van der Waals surface area contributed by atoms with Gasteiger partial charge < -0.3 is 9.25 Å². The SMILES string of the molecule is C1=Cc2ccccc2ON1.c1ccoc1. The number of para-hydroxylation sites is 1. The summed E-state index contributed by atoms with van der Waals surface area (Å²) in [5, 5.41) is 0. The van der Waals surface area contributed by atoms with E-state index in [0.29, 0.717) is 0 Å². The van der Waals surface area contributed by atoms with Crippen LogP contribution in [0.3, 0.4) is 0 Å².